The van der Waals surface area contributed by atoms with Gasteiger partial charge in [-0.05, 0) is 25.1 Å². The van der Waals surface area contributed by atoms with Crippen molar-refractivity contribution in [2.75, 3.05) is 25.5 Å². The molecule has 1 rings (SSSR count). The molecule has 0 unspecified atom stereocenters. The van der Waals surface area contributed by atoms with Gasteiger partial charge in [0, 0.05) is 16.7 Å². The van der Waals surface area contributed by atoms with E-state index in [1.165, 1.54) is 0 Å². The number of nitrogen functional groups attached to an aromatic ring is 1. The average Bonchev–Trinajstić information content (AvgIpc) is 2.31. The van der Waals surface area contributed by atoms with Gasteiger partial charge < -0.3 is 15.8 Å². The lowest BCUT2D eigenvalue weighted by atomic mass is 10.1. The van der Waals surface area contributed by atoms with Crippen molar-refractivity contribution in [3.8, 4) is 0 Å². The van der Waals surface area contributed by atoms with Crippen molar-refractivity contribution >= 4 is 27.5 Å². The van der Waals surface area contributed by atoms with Gasteiger partial charge in [-0.1, -0.05) is 28.1 Å². The minimum atomic E-state index is -0.201. The third-order valence-electron chi connectivity index (χ3n) is 2.14. The van der Waals surface area contributed by atoms with Gasteiger partial charge in [0.25, 0.3) is 5.91 Å². The number of nitrogens with one attached hydrogen (secondary N) is 1. The number of benzene rings is 1. The van der Waals surface area contributed by atoms with Crippen LogP contribution in [0, 0.1) is 0 Å². The van der Waals surface area contributed by atoms with Crippen LogP contribution in [0.3, 0.4) is 0 Å². The lowest BCUT2D eigenvalue weighted by molar-refractivity contribution is 0.0927. The second-order valence-electron chi connectivity index (χ2n) is 4.00. The van der Waals surface area contributed by atoms with Gasteiger partial charge in [0.05, 0.1) is 18.8 Å². The topological polar surface area (TPSA) is 64.3 Å². The number of carbonyl (C=O) groups excluding carboxylic acids is 1. The van der Waals surface area contributed by atoms with E-state index in [1.807, 2.05) is 6.92 Å². The summed E-state index contributed by atoms with van der Waals surface area (Å²) < 4.78 is 6.10. The van der Waals surface area contributed by atoms with Gasteiger partial charge in [-0.2, -0.15) is 0 Å². The molecule has 1 amide bonds. The monoisotopic (exact) mass is 312 g/mol. The Hall–Kier alpha value is -1.33. The molecule has 18 heavy (non-hydrogen) atoms. The van der Waals surface area contributed by atoms with E-state index in [4.69, 9.17) is 10.5 Å². The second kappa shape index (κ2) is 7.18. The lowest BCUT2D eigenvalue weighted by Gasteiger charge is -2.08. The molecule has 5 heteroatoms. The van der Waals surface area contributed by atoms with Gasteiger partial charge in [0.1, 0.15) is 0 Å². The van der Waals surface area contributed by atoms with Crippen LogP contribution in [-0.4, -0.2) is 25.7 Å². The number of carbonyl (C=O) groups is 1. The molecule has 0 saturated carbocycles. The first kappa shape index (κ1) is 14.7. The molecule has 0 aliphatic rings. The standard InChI is InChI=1S/C13H17BrN2O2/c1-9(2)8-18-6-5-16-13(17)11-7-10(14)3-4-12(11)15/h3-4,7H,1,5-6,8,15H2,2H3,(H,16,17). The second-order valence-corrected chi connectivity index (χ2v) is 4.91. The molecule has 1 aromatic carbocycles. The molecule has 4 nitrogen and oxygen atoms in total. The fourth-order valence-corrected chi connectivity index (χ4v) is 1.66. The Morgan fingerprint density at radius 2 is 2.28 bits per heavy atom. The molecule has 3 N–H and O–H groups in total. The third-order valence-corrected chi connectivity index (χ3v) is 2.63. The van der Waals surface area contributed by atoms with E-state index >= 15 is 0 Å². The SMILES string of the molecule is C=C(C)COCCNC(=O)c1cc(Br)ccc1N. The quantitative estimate of drug-likeness (QED) is 0.481. The van der Waals surface area contributed by atoms with E-state index in [9.17, 15) is 4.79 Å². The smallest absolute Gasteiger partial charge is 0.253 e. The summed E-state index contributed by atoms with van der Waals surface area (Å²) in [5, 5.41) is 2.75. The van der Waals surface area contributed by atoms with Gasteiger partial charge >= 0.3 is 0 Å². The Bertz CT molecular complexity index is 447. The molecule has 0 saturated heterocycles. The molecule has 0 fully saturated rings. The minimum absolute atomic E-state index is 0.201. The zero-order valence-corrected chi connectivity index (χ0v) is 11.9. The highest BCUT2D eigenvalue weighted by Crippen LogP contribution is 2.18. The summed E-state index contributed by atoms with van der Waals surface area (Å²) in [6.45, 7) is 7.01. The fraction of sp³-hybridized carbons (Fsp3) is 0.308. The fourth-order valence-electron chi connectivity index (χ4n) is 1.30. The van der Waals surface area contributed by atoms with E-state index < -0.39 is 0 Å². The van der Waals surface area contributed by atoms with E-state index in [0.29, 0.717) is 31.0 Å². The summed E-state index contributed by atoms with van der Waals surface area (Å²) in [5.74, 6) is -0.201. The molecule has 1 aromatic rings. The van der Waals surface area contributed by atoms with Crippen molar-refractivity contribution in [1.29, 1.82) is 0 Å². The first-order valence-electron chi connectivity index (χ1n) is 5.56. The van der Waals surface area contributed by atoms with Gasteiger partial charge in [0.15, 0.2) is 0 Å². The largest absolute Gasteiger partial charge is 0.398 e. The molecule has 0 heterocycles. The number of anilines is 1. The Balaban J connectivity index is 2.41. The van der Waals surface area contributed by atoms with Crippen LogP contribution in [-0.2, 0) is 4.74 Å². The van der Waals surface area contributed by atoms with Gasteiger partial charge in [-0.3, -0.25) is 4.79 Å². The van der Waals surface area contributed by atoms with E-state index in [0.717, 1.165) is 10.0 Å². The number of halogens is 1. The summed E-state index contributed by atoms with van der Waals surface area (Å²) in [4.78, 5) is 11.8. The van der Waals surface area contributed by atoms with E-state index in [1.54, 1.807) is 18.2 Å². The highest BCUT2D eigenvalue weighted by Gasteiger charge is 2.09. The third kappa shape index (κ3) is 4.89. The molecule has 0 spiro atoms. The molecular weight excluding hydrogens is 296 g/mol. The van der Waals surface area contributed by atoms with Crippen LogP contribution in [0.2, 0.25) is 0 Å². The maximum Gasteiger partial charge on any atom is 0.253 e. The molecule has 98 valence electrons. The zero-order valence-electron chi connectivity index (χ0n) is 10.3. The Kier molecular flexibility index (Phi) is 5.88. The van der Waals surface area contributed by atoms with Gasteiger partial charge in [-0.15, -0.1) is 0 Å². The molecule has 0 bridgehead atoms. The molecular formula is C13H17BrN2O2. The first-order valence-corrected chi connectivity index (χ1v) is 6.35. The maximum atomic E-state index is 11.8. The van der Waals surface area contributed by atoms with Crippen LogP contribution >= 0.6 is 15.9 Å². The van der Waals surface area contributed by atoms with Crippen LogP contribution in [0.1, 0.15) is 17.3 Å². The minimum Gasteiger partial charge on any atom is -0.398 e. The summed E-state index contributed by atoms with van der Waals surface area (Å²) in [5.41, 5.74) is 7.61. The highest BCUT2D eigenvalue weighted by atomic mass is 79.9. The van der Waals surface area contributed by atoms with Crippen LogP contribution < -0.4 is 11.1 Å². The average molecular weight is 313 g/mol. The van der Waals surface area contributed by atoms with Crippen molar-refractivity contribution in [2.24, 2.45) is 0 Å². The van der Waals surface area contributed by atoms with Crippen LogP contribution in [0.4, 0.5) is 5.69 Å². The van der Waals surface area contributed by atoms with E-state index in [-0.39, 0.29) is 5.91 Å². The van der Waals surface area contributed by atoms with Crippen molar-refractivity contribution < 1.29 is 9.53 Å². The number of hydrogen-bond acceptors (Lipinski definition) is 3. The van der Waals surface area contributed by atoms with Gasteiger partial charge in [0.2, 0.25) is 0 Å². The van der Waals surface area contributed by atoms with Crippen LogP contribution in [0.15, 0.2) is 34.8 Å². The summed E-state index contributed by atoms with van der Waals surface area (Å²) in [7, 11) is 0. The summed E-state index contributed by atoms with van der Waals surface area (Å²) in [6.07, 6.45) is 0. The normalized spacial score (nSPS) is 10.1. The lowest BCUT2D eigenvalue weighted by Crippen LogP contribution is -2.28. The maximum absolute atomic E-state index is 11.8. The number of hydrogen-bond donors (Lipinski definition) is 2. The van der Waals surface area contributed by atoms with Gasteiger partial charge in [-0.25, -0.2) is 0 Å². The van der Waals surface area contributed by atoms with Crippen LogP contribution in [0.5, 0.6) is 0 Å². The summed E-state index contributed by atoms with van der Waals surface area (Å²) in [6, 6.07) is 5.18. The number of amides is 1. The molecule has 0 aromatic heterocycles. The van der Waals surface area contributed by atoms with Crippen molar-refractivity contribution in [2.45, 2.75) is 6.92 Å². The zero-order chi connectivity index (χ0) is 13.5. The van der Waals surface area contributed by atoms with Crippen LogP contribution in [0.25, 0.3) is 0 Å². The first-order chi connectivity index (χ1) is 8.50. The molecule has 0 atom stereocenters. The Labute approximate surface area is 115 Å². The number of nitrogens with two attached hydrogens (primary N) is 1. The number of ether oxygens (including phenoxy) is 1. The Morgan fingerprint density at radius 3 is 2.94 bits per heavy atom. The Morgan fingerprint density at radius 1 is 1.56 bits per heavy atom. The molecule has 0 aliphatic heterocycles. The number of rotatable bonds is 6. The van der Waals surface area contributed by atoms with Crippen molar-refractivity contribution in [1.82, 2.24) is 5.32 Å². The predicted molar refractivity (Wildman–Crippen MR) is 76.5 cm³/mol. The summed E-state index contributed by atoms with van der Waals surface area (Å²) >= 11 is 3.30. The van der Waals surface area contributed by atoms with Crippen molar-refractivity contribution in [3.63, 3.8) is 0 Å². The predicted octanol–water partition coefficient (Wildman–Crippen LogP) is 2.35. The molecule has 0 radical (unpaired) electrons. The van der Waals surface area contributed by atoms with Crippen molar-refractivity contribution in [3.05, 3.63) is 40.4 Å². The molecule has 0 aliphatic carbocycles. The van der Waals surface area contributed by atoms with E-state index in [2.05, 4.69) is 27.8 Å². The highest BCUT2D eigenvalue weighted by molar-refractivity contribution is 9.10.